The first-order chi connectivity index (χ1) is 14.3. The molecule has 9 nitrogen and oxygen atoms in total. The highest BCUT2D eigenvalue weighted by Gasteiger charge is 2.51. The second-order valence-electron chi connectivity index (χ2n) is 7.91. The van der Waals surface area contributed by atoms with Gasteiger partial charge in [-0.2, -0.15) is 0 Å². The number of nitrogens with zero attached hydrogens (tertiary/aromatic N) is 1. The first kappa shape index (κ1) is 21.6. The predicted octanol–water partition coefficient (Wildman–Crippen LogP) is 1.19. The van der Waals surface area contributed by atoms with Crippen LogP contribution in [-0.4, -0.2) is 58.9 Å². The van der Waals surface area contributed by atoms with E-state index in [0.717, 1.165) is 18.4 Å². The summed E-state index contributed by atoms with van der Waals surface area (Å²) in [5.74, 6) is -0.942. The number of aryl methyl sites for hydroxylation is 1. The molecule has 162 valence electrons. The van der Waals surface area contributed by atoms with Crippen molar-refractivity contribution in [1.29, 1.82) is 0 Å². The molecule has 0 bridgehead atoms. The van der Waals surface area contributed by atoms with E-state index in [9.17, 15) is 24.3 Å². The highest BCUT2D eigenvalue weighted by Crippen LogP contribution is 2.34. The maximum Gasteiger partial charge on any atom is 0.325 e. The van der Waals surface area contributed by atoms with Crippen molar-refractivity contribution < 1.29 is 24.3 Å². The van der Waals surface area contributed by atoms with Crippen LogP contribution in [0.4, 0.5) is 4.79 Å². The van der Waals surface area contributed by atoms with E-state index >= 15 is 0 Å². The number of imide groups is 1. The van der Waals surface area contributed by atoms with Gasteiger partial charge in [-0.25, -0.2) is 4.79 Å². The van der Waals surface area contributed by atoms with E-state index in [0.29, 0.717) is 25.8 Å². The molecular formula is C21H28N4O5. The summed E-state index contributed by atoms with van der Waals surface area (Å²) in [5.41, 5.74) is 0.300. The van der Waals surface area contributed by atoms with Crippen molar-refractivity contribution >= 4 is 23.8 Å². The molecule has 2 aliphatic rings. The zero-order valence-corrected chi connectivity index (χ0v) is 17.1. The number of hydrogen-bond donors (Lipinski definition) is 4. The third-order valence-corrected chi connectivity index (χ3v) is 5.62. The number of nitrogens with one attached hydrogen (secondary N) is 3. The van der Waals surface area contributed by atoms with Gasteiger partial charge in [0.1, 0.15) is 11.3 Å². The zero-order valence-electron chi connectivity index (χ0n) is 17.1. The summed E-state index contributed by atoms with van der Waals surface area (Å²) in [6, 6.07) is 4.41. The predicted molar refractivity (Wildman–Crippen MR) is 109 cm³/mol. The number of benzene rings is 1. The largest absolute Gasteiger partial charge is 0.507 e. The quantitative estimate of drug-likeness (QED) is 0.374. The molecule has 1 aliphatic heterocycles. The number of carbonyl (C=O) groups is 4. The molecule has 0 radical (unpaired) electrons. The van der Waals surface area contributed by atoms with Crippen molar-refractivity contribution in [1.82, 2.24) is 20.9 Å². The Labute approximate surface area is 175 Å². The van der Waals surface area contributed by atoms with Gasteiger partial charge in [0, 0.05) is 26.1 Å². The summed E-state index contributed by atoms with van der Waals surface area (Å²) < 4.78 is 0. The van der Waals surface area contributed by atoms with E-state index in [2.05, 4.69) is 16.0 Å². The molecule has 0 unspecified atom stereocenters. The lowest BCUT2D eigenvalue weighted by Gasteiger charge is -2.20. The Hall–Kier alpha value is -3.10. The number of phenols is 1. The second kappa shape index (κ2) is 9.15. The second-order valence-corrected chi connectivity index (χ2v) is 7.91. The molecule has 1 spiro atoms. The fraction of sp³-hybridized carbons (Fsp3) is 0.524. The first-order valence-electron chi connectivity index (χ1n) is 10.3. The molecule has 1 aliphatic carbocycles. The third kappa shape index (κ3) is 4.72. The van der Waals surface area contributed by atoms with Crippen LogP contribution in [0, 0.1) is 6.92 Å². The average molecular weight is 416 g/mol. The number of rotatable bonds is 8. The maximum absolute atomic E-state index is 12.5. The molecular weight excluding hydrogens is 388 g/mol. The lowest BCUT2D eigenvalue weighted by atomic mass is 9.98. The number of hydrogen-bond acceptors (Lipinski definition) is 5. The minimum Gasteiger partial charge on any atom is -0.507 e. The number of urea groups is 1. The van der Waals surface area contributed by atoms with E-state index in [1.54, 1.807) is 6.07 Å². The van der Waals surface area contributed by atoms with Gasteiger partial charge in [0.05, 0.1) is 5.56 Å². The van der Waals surface area contributed by atoms with Gasteiger partial charge in [0.15, 0.2) is 0 Å². The van der Waals surface area contributed by atoms with Crippen molar-refractivity contribution in [2.24, 2.45) is 0 Å². The van der Waals surface area contributed by atoms with Crippen LogP contribution in [-0.2, 0) is 9.59 Å². The molecule has 0 aromatic heterocycles. The first-order valence-corrected chi connectivity index (χ1v) is 10.3. The van der Waals surface area contributed by atoms with Gasteiger partial charge in [0.25, 0.3) is 11.8 Å². The third-order valence-electron chi connectivity index (χ3n) is 5.62. The molecule has 5 amide bonds. The van der Waals surface area contributed by atoms with E-state index < -0.39 is 11.4 Å². The van der Waals surface area contributed by atoms with Crippen LogP contribution in [0.3, 0.4) is 0 Å². The van der Waals surface area contributed by atoms with Crippen molar-refractivity contribution in [3.05, 3.63) is 29.3 Å². The molecule has 0 atom stereocenters. The van der Waals surface area contributed by atoms with Crippen LogP contribution in [0.1, 0.15) is 54.4 Å². The summed E-state index contributed by atoms with van der Waals surface area (Å²) >= 11 is 0. The Morgan fingerprint density at radius 2 is 1.90 bits per heavy atom. The highest BCUT2D eigenvalue weighted by atomic mass is 16.3. The Morgan fingerprint density at radius 3 is 2.60 bits per heavy atom. The zero-order chi connectivity index (χ0) is 21.7. The highest BCUT2D eigenvalue weighted by molar-refractivity contribution is 6.07. The van der Waals surface area contributed by atoms with Crippen LogP contribution in [0.15, 0.2) is 18.2 Å². The molecule has 9 heteroatoms. The van der Waals surface area contributed by atoms with E-state index in [4.69, 9.17) is 0 Å². The number of amides is 5. The van der Waals surface area contributed by atoms with Crippen LogP contribution >= 0.6 is 0 Å². The van der Waals surface area contributed by atoms with Crippen molar-refractivity contribution in [2.75, 3.05) is 19.6 Å². The molecule has 2 fully saturated rings. The minimum absolute atomic E-state index is 0.0879. The van der Waals surface area contributed by atoms with Crippen molar-refractivity contribution in [3.8, 4) is 5.75 Å². The van der Waals surface area contributed by atoms with E-state index in [1.165, 1.54) is 17.0 Å². The molecule has 30 heavy (non-hydrogen) atoms. The topological polar surface area (TPSA) is 128 Å². The molecule has 1 saturated carbocycles. The lowest BCUT2D eigenvalue weighted by Crippen LogP contribution is -2.44. The van der Waals surface area contributed by atoms with Crippen molar-refractivity contribution in [2.45, 2.75) is 51.0 Å². The van der Waals surface area contributed by atoms with Crippen LogP contribution in [0.2, 0.25) is 0 Å². The normalized spacial score (nSPS) is 17.3. The van der Waals surface area contributed by atoms with Gasteiger partial charge in [-0.1, -0.05) is 18.9 Å². The lowest BCUT2D eigenvalue weighted by molar-refractivity contribution is -0.131. The fourth-order valence-electron chi connectivity index (χ4n) is 3.97. The standard InChI is InChI=1S/C21H28N4O5/c1-14-5-6-15(16(26)13-14)18(28)23-11-7-17(27)22-10-4-12-25-19(29)21(24-20(25)30)8-2-3-9-21/h5-6,13,26H,2-4,7-12H2,1H3,(H,22,27)(H,23,28)(H,24,30). The van der Waals surface area contributed by atoms with Gasteiger partial charge in [-0.15, -0.1) is 0 Å². The van der Waals surface area contributed by atoms with Gasteiger partial charge in [-0.05, 0) is 43.9 Å². The molecule has 1 aromatic rings. The van der Waals surface area contributed by atoms with Gasteiger partial charge in [-0.3, -0.25) is 19.3 Å². The number of aromatic hydroxyl groups is 1. The summed E-state index contributed by atoms with van der Waals surface area (Å²) in [6.45, 7) is 2.53. The monoisotopic (exact) mass is 416 g/mol. The van der Waals surface area contributed by atoms with E-state index in [-0.39, 0.29) is 48.7 Å². The molecule has 1 aromatic carbocycles. The van der Waals surface area contributed by atoms with Gasteiger partial charge < -0.3 is 21.1 Å². The number of carbonyl (C=O) groups excluding carboxylic acids is 4. The smallest absolute Gasteiger partial charge is 0.325 e. The van der Waals surface area contributed by atoms with Crippen molar-refractivity contribution in [3.63, 3.8) is 0 Å². The van der Waals surface area contributed by atoms with Gasteiger partial charge in [0.2, 0.25) is 5.91 Å². The molecule has 1 heterocycles. The van der Waals surface area contributed by atoms with Crippen LogP contribution in [0.25, 0.3) is 0 Å². The Bertz CT molecular complexity index is 848. The SMILES string of the molecule is Cc1ccc(C(=O)NCCC(=O)NCCCN2C(=O)NC3(CCCC3)C2=O)c(O)c1. The average Bonchev–Trinajstić information content (AvgIpc) is 3.25. The Kier molecular flexibility index (Phi) is 6.59. The number of phenolic OH excluding ortho intramolecular Hbond substituents is 1. The summed E-state index contributed by atoms with van der Waals surface area (Å²) in [7, 11) is 0. The van der Waals surface area contributed by atoms with Gasteiger partial charge >= 0.3 is 6.03 Å². The summed E-state index contributed by atoms with van der Waals surface area (Å²) in [6.07, 6.45) is 3.81. The van der Waals surface area contributed by atoms with Crippen LogP contribution < -0.4 is 16.0 Å². The minimum atomic E-state index is -0.704. The molecule has 1 saturated heterocycles. The Morgan fingerprint density at radius 1 is 1.17 bits per heavy atom. The summed E-state index contributed by atoms with van der Waals surface area (Å²) in [4.78, 5) is 49.8. The molecule has 4 N–H and O–H groups in total. The molecule has 3 rings (SSSR count). The fourth-order valence-corrected chi connectivity index (χ4v) is 3.97. The summed E-state index contributed by atoms with van der Waals surface area (Å²) in [5, 5.41) is 18.0. The Balaban J connectivity index is 1.33. The maximum atomic E-state index is 12.5. The van der Waals surface area contributed by atoms with E-state index in [1.807, 2.05) is 6.92 Å². The van der Waals surface area contributed by atoms with Crippen LogP contribution in [0.5, 0.6) is 5.75 Å².